The molecule has 1 aromatic rings. The van der Waals surface area contributed by atoms with E-state index >= 15 is 0 Å². The summed E-state index contributed by atoms with van der Waals surface area (Å²) in [4.78, 5) is 0. The monoisotopic (exact) mass is 179 g/mol. The summed E-state index contributed by atoms with van der Waals surface area (Å²) in [7, 11) is 0. The first-order valence-electron chi connectivity index (χ1n) is 5.11. The van der Waals surface area contributed by atoms with E-state index in [0.29, 0.717) is 12.0 Å². The van der Waals surface area contributed by atoms with E-state index in [-0.39, 0.29) is 0 Å². The lowest BCUT2D eigenvalue weighted by Crippen LogP contribution is -2.00. The molecule has 1 aliphatic carbocycles. The van der Waals surface area contributed by atoms with E-state index in [1.54, 1.807) is 0 Å². The van der Waals surface area contributed by atoms with Crippen LogP contribution in [0.15, 0.2) is 6.07 Å². The van der Waals surface area contributed by atoms with Gasteiger partial charge in [-0.2, -0.15) is 5.10 Å². The number of anilines is 1. The Labute approximate surface area is 78.9 Å². The molecule has 1 fully saturated rings. The molecule has 1 atom stereocenters. The number of hydrogen-bond donors (Lipinski definition) is 2. The Bertz CT molecular complexity index is 275. The summed E-state index contributed by atoms with van der Waals surface area (Å²) >= 11 is 0. The molecule has 3 heteroatoms. The normalized spacial score (nSPS) is 18.6. The van der Waals surface area contributed by atoms with E-state index < -0.39 is 0 Å². The van der Waals surface area contributed by atoms with Crippen molar-refractivity contribution in [1.82, 2.24) is 10.2 Å². The van der Waals surface area contributed by atoms with Gasteiger partial charge >= 0.3 is 0 Å². The summed E-state index contributed by atoms with van der Waals surface area (Å²) in [5.41, 5.74) is 1.24. The van der Waals surface area contributed by atoms with Gasteiger partial charge in [-0.05, 0) is 25.2 Å². The fraction of sp³-hybridized carbons (Fsp3) is 0.700. The first kappa shape index (κ1) is 8.60. The minimum atomic E-state index is 0.585. The molecule has 0 spiro atoms. The van der Waals surface area contributed by atoms with Gasteiger partial charge in [-0.25, -0.2) is 0 Å². The SMILES string of the molecule is CCC(C)c1cc(NC2CC2)n[nH]1. The van der Waals surface area contributed by atoms with Gasteiger partial charge in [-0.1, -0.05) is 13.8 Å². The average molecular weight is 179 g/mol. The maximum absolute atomic E-state index is 4.23. The second kappa shape index (κ2) is 3.40. The molecule has 0 radical (unpaired) electrons. The Balaban J connectivity index is 1.99. The smallest absolute Gasteiger partial charge is 0.148 e. The van der Waals surface area contributed by atoms with Crippen LogP contribution in [0.4, 0.5) is 5.82 Å². The molecule has 0 amide bonds. The number of rotatable bonds is 4. The number of aromatic amines is 1. The summed E-state index contributed by atoms with van der Waals surface area (Å²) < 4.78 is 0. The Morgan fingerprint density at radius 2 is 2.46 bits per heavy atom. The van der Waals surface area contributed by atoms with Crippen LogP contribution in [0.2, 0.25) is 0 Å². The highest BCUT2D eigenvalue weighted by Gasteiger charge is 2.21. The first-order chi connectivity index (χ1) is 6.29. The zero-order chi connectivity index (χ0) is 9.26. The van der Waals surface area contributed by atoms with Crippen molar-refractivity contribution < 1.29 is 0 Å². The lowest BCUT2D eigenvalue weighted by molar-refractivity contribution is 0.703. The van der Waals surface area contributed by atoms with Crippen LogP contribution in [0.1, 0.15) is 44.7 Å². The summed E-state index contributed by atoms with van der Waals surface area (Å²) in [5, 5.41) is 10.7. The van der Waals surface area contributed by atoms with Crippen molar-refractivity contribution in [2.75, 3.05) is 5.32 Å². The van der Waals surface area contributed by atoms with Crippen LogP contribution in [0.3, 0.4) is 0 Å². The molecule has 0 bridgehead atoms. The molecule has 3 nitrogen and oxygen atoms in total. The molecule has 0 saturated heterocycles. The lowest BCUT2D eigenvalue weighted by Gasteiger charge is -2.02. The fourth-order valence-electron chi connectivity index (χ4n) is 1.32. The summed E-state index contributed by atoms with van der Waals surface area (Å²) in [5.74, 6) is 1.60. The van der Waals surface area contributed by atoms with Gasteiger partial charge in [0.2, 0.25) is 0 Å². The number of aromatic nitrogens is 2. The molecule has 0 aliphatic heterocycles. The predicted molar refractivity (Wildman–Crippen MR) is 53.9 cm³/mol. The highest BCUT2D eigenvalue weighted by Crippen LogP contribution is 2.25. The van der Waals surface area contributed by atoms with Crippen molar-refractivity contribution in [3.8, 4) is 0 Å². The minimum Gasteiger partial charge on any atom is -0.366 e. The number of hydrogen-bond acceptors (Lipinski definition) is 2. The zero-order valence-corrected chi connectivity index (χ0v) is 8.30. The number of nitrogens with zero attached hydrogens (tertiary/aromatic N) is 1. The predicted octanol–water partition coefficient (Wildman–Crippen LogP) is 2.50. The van der Waals surface area contributed by atoms with E-state index in [0.717, 1.165) is 12.2 Å². The van der Waals surface area contributed by atoms with Crippen LogP contribution >= 0.6 is 0 Å². The fourth-order valence-corrected chi connectivity index (χ4v) is 1.32. The Hall–Kier alpha value is -0.990. The third-order valence-corrected chi connectivity index (χ3v) is 2.67. The molecule has 13 heavy (non-hydrogen) atoms. The zero-order valence-electron chi connectivity index (χ0n) is 8.30. The van der Waals surface area contributed by atoms with E-state index in [1.807, 2.05) is 0 Å². The van der Waals surface area contributed by atoms with E-state index in [9.17, 15) is 0 Å². The topological polar surface area (TPSA) is 40.7 Å². The van der Waals surface area contributed by atoms with Gasteiger partial charge in [-0.15, -0.1) is 0 Å². The summed E-state index contributed by atoms with van der Waals surface area (Å²) in [6.45, 7) is 4.41. The lowest BCUT2D eigenvalue weighted by atomic mass is 10.1. The van der Waals surface area contributed by atoms with Crippen LogP contribution in [0, 0.1) is 0 Å². The molecule has 72 valence electrons. The third-order valence-electron chi connectivity index (χ3n) is 2.67. The maximum atomic E-state index is 4.23. The van der Waals surface area contributed by atoms with Crippen LogP contribution in [-0.4, -0.2) is 16.2 Å². The molecule has 1 saturated carbocycles. The molecule has 1 heterocycles. The van der Waals surface area contributed by atoms with Gasteiger partial charge in [0.05, 0.1) is 0 Å². The standard InChI is InChI=1S/C10H17N3/c1-3-7(2)9-6-10(13-12-9)11-8-4-5-8/h6-8H,3-5H2,1-2H3,(H2,11,12,13). The first-order valence-corrected chi connectivity index (χ1v) is 5.11. The molecule has 0 aromatic carbocycles. The largest absolute Gasteiger partial charge is 0.366 e. The Morgan fingerprint density at radius 1 is 1.69 bits per heavy atom. The van der Waals surface area contributed by atoms with Gasteiger partial charge < -0.3 is 5.32 Å². The molecule has 1 unspecified atom stereocenters. The van der Waals surface area contributed by atoms with Gasteiger partial charge in [0.25, 0.3) is 0 Å². The van der Waals surface area contributed by atoms with E-state index in [4.69, 9.17) is 0 Å². The van der Waals surface area contributed by atoms with Gasteiger partial charge in [-0.3, -0.25) is 5.10 Å². The van der Waals surface area contributed by atoms with Crippen molar-refractivity contribution in [3.05, 3.63) is 11.8 Å². The third kappa shape index (κ3) is 2.02. The van der Waals surface area contributed by atoms with Crippen molar-refractivity contribution in [3.63, 3.8) is 0 Å². The quantitative estimate of drug-likeness (QED) is 0.745. The maximum Gasteiger partial charge on any atom is 0.148 e. The molecular formula is C10H17N3. The van der Waals surface area contributed by atoms with Gasteiger partial charge in [0.1, 0.15) is 5.82 Å². The van der Waals surface area contributed by atoms with Crippen molar-refractivity contribution >= 4 is 5.82 Å². The second-order valence-corrected chi connectivity index (χ2v) is 3.94. The average Bonchev–Trinajstić information content (AvgIpc) is 2.81. The van der Waals surface area contributed by atoms with Gasteiger partial charge in [0, 0.05) is 17.8 Å². The number of H-pyrrole nitrogens is 1. The van der Waals surface area contributed by atoms with Crippen LogP contribution < -0.4 is 5.32 Å². The molecule has 2 N–H and O–H groups in total. The molecule has 2 rings (SSSR count). The van der Waals surface area contributed by atoms with Crippen molar-refractivity contribution in [1.29, 1.82) is 0 Å². The Kier molecular flexibility index (Phi) is 2.25. The molecule has 1 aromatic heterocycles. The summed E-state index contributed by atoms with van der Waals surface area (Å²) in [6, 6.07) is 2.82. The van der Waals surface area contributed by atoms with Crippen LogP contribution in [0.5, 0.6) is 0 Å². The highest BCUT2D eigenvalue weighted by atomic mass is 15.2. The van der Waals surface area contributed by atoms with Gasteiger partial charge in [0.15, 0.2) is 0 Å². The Morgan fingerprint density at radius 3 is 3.08 bits per heavy atom. The highest BCUT2D eigenvalue weighted by molar-refractivity contribution is 5.38. The van der Waals surface area contributed by atoms with E-state index in [1.165, 1.54) is 18.5 Å². The van der Waals surface area contributed by atoms with Crippen molar-refractivity contribution in [2.45, 2.75) is 45.1 Å². The minimum absolute atomic E-state index is 0.585. The second-order valence-electron chi connectivity index (χ2n) is 3.94. The summed E-state index contributed by atoms with van der Waals surface area (Å²) in [6.07, 6.45) is 3.75. The van der Waals surface area contributed by atoms with Crippen LogP contribution in [-0.2, 0) is 0 Å². The van der Waals surface area contributed by atoms with Crippen molar-refractivity contribution in [2.24, 2.45) is 0 Å². The van der Waals surface area contributed by atoms with Crippen LogP contribution in [0.25, 0.3) is 0 Å². The number of nitrogens with one attached hydrogen (secondary N) is 2. The molecule has 1 aliphatic rings. The van der Waals surface area contributed by atoms with E-state index in [2.05, 4.69) is 35.4 Å². The molecular weight excluding hydrogens is 162 g/mol.